The highest BCUT2D eigenvalue weighted by atomic mass is 32.2. The zero-order valence-electron chi connectivity index (χ0n) is 13.0. The van der Waals surface area contributed by atoms with Gasteiger partial charge in [0.15, 0.2) is 9.84 Å². The van der Waals surface area contributed by atoms with E-state index in [1.807, 2.05) is 0 Å². The number of methoxy groups -OCH3 is 1. The summed E-state index contributed by atoms with van der Waals surface area (Å²) in [5.74, 6) is 1.58. The van der Waals surface area contributed by atoms with Crippen molar-refractivity contribution in [2.75, 3.05) is 32.3 Å². The second-order valence-electron chi connectivity index (χ2n) is 4.92. The fourth-order valence-electron chi connectivity index (χ4n) is 1.87. The molecule has 0 aliphatic rings. The fourth-order valence-corrected chi connectivity index (χ4v) is 2.50. The third-order valence-corrected chi connectivity index (χ3v) is 4.07. The summed E-state index contributed by atoms with van der Waals surface area (Å²) in [5, 5.41) is 0. The van der Waals surface area contributed by atoms with Crippen LogP contribution < -0.4 is 15.2 Å². The number of anilines is 1. The topological polar surface area (TPSA) is 87.8 Å². The minimum atomic E-state index is -3.23. The Morgan fingerprint density at radius 3 is 2.22 bits per heavy atom. The van der Waals surface area contributed by atoms with Crippen LogP contribution in [0, 0.1) is 0 Å². The molecule has 2 rings (SSSR count). The van der Waals surface area contributed by atoms with Gasteiger partial charge in [0.05, 0.1) is 11.5 Å². The molecule has 6 nitrogen and oxygen atoms in total. The van der Waals surface area contributed by atoms with Gasteiger partial charge in [0.25, 0.3) is 0 Å². The molecule has 0 aliphatic heterocycles. The standard InChI is InChI=1S/C16H19NO5S/c1-20-7-8-21-14-9-12(17)10-15(11-14)22-13-3-5-16(6-4-13)23(2,18)19/h3-6,9-11H,7-8,17H2,1-2H3. The first-order valence-corrected chi connectivity index (χ1v) is 8.78. The van der Waals surface area contributed by atoms with Gasteiger partial charge in [-0.1, -0.05) is 0 Å². The van der Waals surface area contributed by atoms with Crippen LogP contribution in [0.5, 0.6) is 17.2 Å². The fraction of sp³-hybridized carbons (Fsp3) is 0.250. The molecule has 0 heterocycles. The Morgan fingerprint density at radius 1 is 0.957 bits per heavy atom. The van der Waals surface area contributed by atoms with Gasteiger partial charge in [-0.15, -0.1) is 0 Å². The van der Waals surface area contributed by atoms with Crippen molar-refractivity contribution in [1.29, 1.82) is 0 Å². The Hall–Kier alpha value is -2.25. The number of hydrogen-bond acceptors (Lipinski definition) is 6. The molecular formula is C16H19NO5S. The molecule has 0 radical (unpaired) electrons. The highest BCUT2D eigenvalue weighted by Gasteiger charge is 2.08. The second-order valence-corrected chi connectivity index (χ2v) is 6.94. The molecule has 0 amide bonds. The molecule has 0 bridgehead atoms. The largest absolute Gasteiger partial charge is 0.491 e. The Balaban J connectivity index is 2.13. The van der Waals surface area contributed by atoms with Crippen molar-refractivity contribution in [3.63, 3.8) is 0 Å². The summed E-state index contributed by atoms with van der Waals surface area (Å²) >= 11 is 0. The molecule has 23 heavy (non-hydrogen) atoms. The molecule has 0 saturated heterocycles. The smallest absolute Gasteiger partial charge is 0.175 e. The zero-order valence-corrected chi connectivity index (χ0v) is 13.8. The molecular weight excluding hydrogens is 318 g/mol. The predicted molar refractivity (Wildman–Crippen MR) is 87.9 cm³/mol. The molecule has 7 heteroatoms. The van der Waals surface area contributed by atoms with Crippen LogP contribution in [-0.2, 0) is 14.6 Å². The van der Waals surface area contributed by atoms with E-state index in [2.05, 4.69) is 0 Å². The summed E-state index contributed by atoms with van der Waals surface area (Å²) in [4.78, 5) is 0.237. The molecule has 0 aromatic heterocycles. The van der Waals surface area contributed by atoms with Crippen LogP contribution in [-0.4, -0.2) is 35.0 Å². The van der Waals surface area contributed by atoms with Crippen molar-refractivity contribution in [2.45, 2.75) is 4.90 Å². The molecule has 0 fully saturated rings. The lowest BCUT2D eigenvalue weighted by atomic mass is 10.3. The lowest BCUT2D eigenvalue weighted by Gasteiger charge is -2.11. The highest BCUT2D eigenvalue weighted by molar-refractivity contribution is 7.90. The summed E-state index contributed by atoms with van der Waals surface area (Å²) < 4.78 is 39.0. The molecule has 0 spiro atoms. The van der Waals surface area contributed by atoms with Gasteiger partial charge >= 0.3 is 0 Å². The van der Waals surface area contributed by atoms with E-state index in [0.717, 1.165) is 6.26 Å². The van der Waals surface area contributed by atoms with Crippen LogP contribution >= 0.6 is 0 Å². The van der Waals surface area contributed by atoms with Crippen LogP contribution in [0.1, 0.15) is 0 Å². The van der Waals surface area contributed by atoms with Crippen LogP contribution in [0.3, 0.4) is 0 Å². The molecule has 2 aromatic rings. The minimum Gasteiger partial charge on any atom is -0.491 e. The number of nitrogen functional groups attached to an aromatic ring is 1. The predicted octanol–water partition coefficient (Wildman–Crippen LogP) is 2.49. The van der Waals surface area contributed by atoms with Gasteiger partial charge in [-0.05, 0) is 24.3 Å². The van der Waals surface area contributed by atoms with E-state index >= 15 is 0 Å². The molecule has 2 N–H and O–H groups in total. The monoisotopic (exact) mass is 337 g/mol. The van der Waals surface area contributed by atoms with E-state index in [-0.39, 0.29) is 4.90 Å². The van der Waals surface area contributed by atoms with Gasteiger partial charge < -0.3 is 19.9 Å². The maximum absolute atomic E-state index is 11.4. The van der Waals surface area contributed by atoms with E-state index in [1.54, 1.807) is 37.4 Å². The number of ether oxygens (including phenoxy) is 3. The van der Waals surface area contributed by atoms with Crippen molar-refractivity contribution in [3.8, 4) is 17.2 Å². The Bertz CT molecular complexity index is 757. The third kappa shape index (κ3) is 5.15. The van der Waals surface area contributed by atoms with Gasteiger partial charge in [0.2, 0.25) is 0 Å². The van der Waals surface area contributed by atoms with Crippen LogP contribution in [0.2, 0.25) is 0 Å². The maximum Gasteiger partial charge on any atom is 0.175 e. The first kappa shape index (κ1) is 17.1. The Kier molecular flexibility index (Phi) is 5.46. The molecule has 0 saturated carbocycles. The van der Waals surface area contributed by atoms with E-state index in [9.17, 15) is 8.42 Å². The second kappa shape index (κ2) is 7.34. The number of nitrogens with two attached hydrogens (primary N) is 1. The SMILES string of the molecule is COCCOc1cc(N)cc(Oc2ccc(S(C)(=O)=O)cc2)c1. The normalized spacial score (nSPS) is 11.2. The van der Waals surface area contributed by atoms with Gasteiger partial charge in [-0.3, -0.25) is 0 Å². The quantitative estimate of drug-likeness (QED) is 0.617. The molecule has 2 aromatic carbocycles. The van der Waals surface area contributed by atoms with E-state index in [1.165, 1.54) is 12.1 Å². The van der Waals surface area contributed by atoms with E-state index < -0.39 is 9.84 Å². The van der Waals surface area contributed by atoms with Crippen molar-refractivity contribution < 1.29 is 22.6 Å². The van der Waals surface area contributed by atoms with Gasteiger partial charge in [0.1, 0.15) is 23.9 Å². The molecule has 0 aliphatic carbocycles. The number of hydrogen-bond donors (Lipinski definition) is 1. The summed E-state index contributed by atoms with van der Waals surface area (Å²) in [6.07, 6.45) is 1.16. The number of benzene rings is 2. The average molecular weight is 337 g/mol. The van der Waals surface area contributed by atoms with E-state index in [4.69, 9.17) is 19.9 Å². The number of sulfone groups is 1. The van der Waals surface area contributed by atoms with Gasteiger partial charge in [-0.2, -0.15) is 0 Å². The molecule has 0 unspecified atom stereocenters. The summed E-state index contributed by atoms with van der Waals surface area (Å²) in [6, 6.07) is 11.2. The Morgan fingerprint density at radius 2 is 1.61 bits per heavy atom. The third-order valence-electron chi connectivity index (χ3n) is 2.95. The average Bonchev–Trinajstić information content (AvgIpc) is 2.46. The van der Waals surface area contributed by atoms with Crippen LogP contribution in [0.4, 0.5) is 5.69 Å². The maximum atomic E-state index is 11.4. The lowest BCUT2D eigenvalue weighted by Crippen LogP contribution is -2.04. The molecule has 124 valence electrons. The van der Waals surface area contributed by atoms with Crippen molar-refractivity contribution in [3.05, 3.63) is 42.5 Å². The van der Waals surface area contributed by atoms with E-state index in [0.29, 0.717) is 36.1 Å². The summed E-state index contributed by atoms with van der Waals surface area (Å²) in [5.41, 5.74) is 6.33. The summed E-state index contributed by atoms with van der Waals surface area (Å²) in [6.45, 7) is 0.875. The van der Waals surface area contributed by atoms with Crippen molar-refractivity contribution in [1.82, 2.24) is 0 Å². The molecule has 0 atom stereocenters. The first-order chi connectivity index (χ1) is 10.9. The van der Waals surface area contributed by atoms with Crippen LogP contribution in [0.25, 0.3) is 0 Å². The zero-order chi connectivity index (χ0) is 16.9. The van der Waals surface area contributed by atoms with Gasteiger partial charge in [0, 0.05) is 37.3 Å². The summed E-state index contributed by atoms with van der Waals surface area (Å²) in [7, 11) is -1.63. The van der Waals surface area contributed by atoms with Crippen molar-refractivity contribution >= 4 is 15.5 Å². The first-order valence-electron chi connectivity index (χ1n) is 6.89. The van der Waals surface area contributed by atoms with Gasteiger partial charge in [-0.25, -0.2) is 8.42 Å². The van der Waals surface area contributed by atoms with Crippen molar-refractivity contribution in [2.24, 2.45) is 0 Å². The highest BCUT2D eigenvalue weighted by Crippen LogP contribution is 2.29. The lowest BCUT2D eigenvalue weighted by molar-refractivity contribution is 0.146. The number of rotatable bonds is 7. The Labute approximate surface area is 135 Å². The minimum absolute atomic E-state index is 0.237. The van der Waals surface area contributed by atoms with Crippen LogP contribution in [0.15, 0.2) is 47.4 Å².